The molecule has 2 aliphatic heterocycles. The molecule has 1 amide bonds. The molecule has 25 heavy (non-hydrogen) atoms. The van der Waals surface area contributed by atoms with Crippen LogP contribution in [0.5, 0.6) is 0 Å². The van der Waals surface area contributed by atoms with E-state index in [1.807, 2.05) is 30.3 Å². The minimum absolute atomic E-state index is 0.222. The van der Waals surface area contributed by atoms with Gasteiger partial charge in [-0.25, -0.2) is 13.6 Å². The van der Waals surface area contributed by atoms with Crippen LogP contribution >= 0.6 is 0 Å². The number of carbonyl (C=O) groups is 1. The lowest BCUT2D eigenvalue weighted by atomic mass is 9.86. The van der Waals surface area contributed by atoms with Crippen LogP contribution in [0, 0.1) is 11.8 Å². The maximum Gasteiger partial charge on any atom is 0.410 e. The molecule has 0 N–H and O–H groups in total. The largest absolute Gasteiger partial charge is 0.444 e. The van der Waals surface area contributed by atoms with Gasteiger partial charge in [-0.15, -0.1) is 0 Å². The number of amides is 1. The summed E-state index contributed by atoms with van der Waals surface area (Å²) in [6.45, 7) is 6.62. The fourth-order valence-corrected chi connectivity index (χ4v) is 3.78. The zero-order valence-corrected chi connectivity index (χ0v) is 15.0. The number of halogens is 2. The summed E-state index contributed by atoms with van der Waals surface area (Å²) in [6, 6.07) is 9.87. The Balaban J connectivity index is 1.67. The van der Waals surface area contributed by atoms with Crippen LogP contribution in [0.1, 0.15) is 26.3 Å². The van der Waals surface area contributed by atoms with Crippen LogP contribution in [0.25, 0.3) is 0 Å². The summed E-state index contributed by atoms with van der Waals surface area (Å²) in [4.78, 5) is 15.5. The SMILES string of the molecule is CC(C)(C)OC(=O)N1C[C@@H]2CN(Cc3ccccc3)C[C@@H]2C(F)(F)C1. The zero-order chi connectivity index (χ0) is 18.2. The molecule has 4 nitrogen and oxygen atoms in total. The molecule has 2 fully saturated rings. The third-order valence-corrected chi connectivity index (χ3v) is 4.82. The summed E-state index contributed by atoms with van der Waals surface area (Å²) in [5, 5.41) is 0. The lowest BCUT2D eigenvalue weighted by Gasteiger charge is -2.40. The van der Waals surface area contributed by atoms with Gasteiger partial charge in [0.15, 0.2) is 0 Å². The van der Waals surface area contributed by atoms with Crippen LogP contribution < -0.4 is 0 Å². The van der Waals surface area contributed by atoms with Gasteiger partial charge in [-0.1, -0.05) is 30.3 Å². The van der Waals surface area contributed by atoms with Crippen LogP contribution in [0.4, 0.5) is 13.6 Å². The second-order valence-corrected chi connectivity index (χ2v) is 8.17. The summed E-state index contributed by atoms with van der Waals surface area (Å²) in [5.74, 6) is -3.81. The number of carbonyl (C=O) groups excluding carboxylic acids is 1. The Bertz CT molecular complexity index is 616. The molecule has 0 saturated carbocycles. The van der Waals surface area contributed by atoms with Crippen molar-refractivity contribution in [2.45, 2.75) is 38.8 Å². The number of alkyl halides is 2. The highest BCUT2D eigenvalue weighted by Crippen LogP contribution is 2.41. The number of nitrogens with zero attached hydrogens (tertiary/aromatic N) is 2. The monoisotopic (exact) mass is 352 g/mol. The van der Waals surface area contributed by atoms with E-state index in [4.69, 9.17) is 4.74 Å². The quantitative estimate of drug-likeness (QED) is 0.815. The third-order valence-electron chi connectivity index (χ3n) is 4.82. The highest BCUT2D eigenvalue weighted by atomic mass is 19.3. The van der Waals surface area contributed by atoms with E-state index in [9.17, 15) is 13.6 Å². The van der Waals surface area contributed by atoms with Gasteiger partial charge >= 0.3 is 6.09 Å². The van der Waals surface area contributed by atoms with E-state index >= 15 is 0 Å². The molecule has 1 aromatic carbocycles. The summed E-state index contributed by atoms with van der Waals surface area (Å²) in [5.41, 5.74) is 0.437. The van der Waals surface area contributed by atoms with Crippen molar-refractivity contribution in [2.24, 2.45) is 11.8 Å². The lowest BCUT2D eigenvalue weighted by Crippen LogP contribution is -2.55. The maximum atomic E-state index is 14.6. The van der Waals surface area contributed by atoms with Crippen molar-refractivity contribution in [2.75, 3.05) is 26.2 Å². The third kappa shape index (κ3) is 4.29. The molecule has 2 saturated heterocycles. The Labute approximate surface area is 147 Å². The van der Waals surface area contributed by atoms with Crippen LogP contribution in [0.15, 0.2) is 30.3 Å². The molecular weight excluding hydrogens is 326 g/mol. The fraction of sp³-hybridized carbons (Fsp3) is 0.632. The highest BCUT2D eigenvalue weighted by Gasteiger charge is 2.54. The average Bonchev–Trinajstić information content (AvgIpc) is 2.89. The maximum absolute atomic E-state index is 14.6. The van der Waals surface area contributed by atoms with E-state index in [1.165, 1.54) is 4.90 Å². The molecule has 6 heteroatoms. The predicted molar refractivity (Wildman–Crippen MR) is 91.5 cm³/mol. The summed E-state index contributed by atoms with van der Waals surface area (Å²) >= 11 is 0. The predicted octanol–water partition coefficient (Wildman–Crippen LogP) is 3.62. The van der Waals surface area contributed by atoms with Gasteiger partial charge in [0.2, 0.25) is 0 Å². The van der Waals surface area contributed by atoms with Crippen molar-refractivity contribution in [1.29, 1.82) is 0 Å². The van der Waals surface area contributed by atoms with E-state index < -0.39 is 30.1 Å². The van der Waals surface area contributed by atoms with E-state index in [0.717, 1.165) is 5.56 Å². The Morgan fingerprint density at radius 3 is 2.52 bits per heavy atom. The van der Waals surface area contributed by atoms with Crippen molar-refractivity contribution in [3.05, 3.63) is 35.9 Å². The van der Waals surface area contributed by atoms with Gasteiger partial charge in [-0.05, 0) is 32.3 Å². The smallest absolute Gasteiger partial charge is 0.410 e. The zero-order valence-electron chi connectivity index (χ0n) is 15.0. The summed E-state index contributed by atoms with van der Waals surface area (Å²) in [7, 11) is 0. The average molecular weight is 352 g/mol. The minimum Gasteiger partial charge on any atom is -0.444 e. The molecular formula is C19H26F2N2O2. The molecule has 0 aromatic heterocycles. The van der Waals surface area contributed by atoms with Crippen molar-refractivity contribution >= 4 is 6.09 Å². The number of likely N-dealkylation sites (tertiary alicyclic amines) is 2. The molecule has 138 valence electrons. The van der Waals surface area contributed by atoms with Gasteiger partial charge in [0.05, 0.1) is 6.54 Å². The molecule has 3 rings (SSSR count). The number of rotatable bonds is 2. The van der Waals surface area contributed by atoms with Crippen LogP contribution in [-0.4, -0.2) is 53.6 Å². The topological polar surface area (TPSA) is 32.8 Å². The fourth-order valence-electron chi connectivity index (χ4n) is 3.78. The van der Waals surface area contributed by atoms with E-state index in [1.54, 1.807) is 20.8 Å². The van der Waals surface area contributed by atoms with Gasteiger partial charge in [-0.2, -0.15) is 0 Å². The second kappa shape index (κ2) is 6.56. The Kier molecular flexibility index (Phi) is 4.75. The first-order valence-electron chi connectivity index (χ1n) is 8.76. The number of fused-ring (bicyclic) bond motifs is 1. The first kappa shape index (κ1) is 18.1. The standard InChI is InChI=1S/C19H26F2N2O2/c1-18(2,3)25-17(24)23-11-15-10-22(9-14-7-5-4-6-8-14)12-16(15)19(20,21)13-23/h4-8,15-16H,9-13H2,1-3H3/t15-,16-/m0/s1. The Morgan fingerprint density at radius 1 is 1.20 bits per heavy atom. The van der Waals surface area contributed by atoms with Gasteiger partial charge < -0.3 is 9.64 Å². The molecule has 0 bridgehead atoms. The molecule has 0 unspecified atom stereocenters. The van der Waals surface area contributed by atoms with Crippen molar-refractivity contribution < 1.29 is 18.3 Å². The van der Waals surface area contributed by atoms with E-state index in [-0.39, 0.29) is 5.92 Å². The first-order chi connectivity index (χ1) is 11.6. The number of piperidine rings is 1. The van der Waals surface area contributed by atoms with Crippen LogP contribution in [0.2, 0.25) is 0 Å². The van der Waals surface area contributed by atoms with Crippen LogP contribution in [0.3, 0.4) is 0 Å². The van der Waals surface area contributed by atoms with Crippen molar-refractivity contribution in [3.8, 4) is 0 Å². The Hall–Kier alpha value is -1.69. The second-order valence-electron chi connectivity index (χ2n) is 8.17. The van der Waals surface area contributed by atoms with Gasteiger partial charge in [0, 0.05) is 32.1 Å². The molecule has 2 aliphatic rings. The van der Waals surface area contributed by atoms with Crippen molar-refractivity contribution in [3.63, 3.8) is 0 Å². The lowest BCUT2D eigenvalue weighted by molar-refractivity contribution is -0.120. The molecule has 1 aromatic rings. The molecule has 2 atom stereocenters. The van der Waals surface area contributed by atoms with Gasteiger partial charge in [-0.3, -0.25) is 4.90 Å². The number of hydrogen-bond donors (Lipinski definition) is 0. The molecule has 2 heterocycles. The van der Waals surface area contributed by atoms with E-state index in [2.05, 4.69) is 4.90 Å². The molecule has 0 radical (unpaired) electrons. The van der Waals surface area contributed by atoms with Crippen LogP contribution in [-0.2, 0) is 11.3 Å². The van der Waals surface area contributed by atoms with Gasteiger partial charge in [0.1, 0.15) is 5.60 Å². The first-order valence-corrected chi connectivity index (χ1v) is 8.76. The highest BCUT2D eigenvalue weighted by molar-refractivity contribution is 5.68. The van der Waals surface area contributed by atoms with E-state index in [0.29, 0.717) is 26.2 Å². The number of benzene rings is 1. The molecule has 0 aliphatic carbocycles. The number of ether oxygens (including phenoxy) is 1. The number of hydrogen-bond acceptors (Lipinski definition) is 3. The normalized spacial score (nSPS) is 26.4. The summed E-state index contributed by atoms with van der Waals surface area (Å²) in [6.07, 6.45) is -0.646. The Morgan fingerprint density at radius 2 is 1.88 bits per heavy atom. The van der Waals surface area contributed by atoms with Crippen molar-refractivity contribution in [1.82, 2.24) is 9.80 Å². The molecule has 0 spiro atoms. The van der Waals surface area contributed by atoms with Gasteiger partial charge in [0.25, 0.3) is 5.92 Å². The minimum atomic E-state index is -2.88. The summed E-state index contributed by atoms with van der Waals surface area (Å²) < 4.78 is 34.6.